The second-order valence-corrected chi connectivity index (χ2v) is 5.96. The number of thiocarbonyl (C=S) groups is 1. The zero-order valence-electron chi connectivity index (χ0n) is 14.1. The predicted molar refractivity (Wildman–Crippen MR) is 95.4 cm³/mol. The van der Waals surface area contributed by atoms with Gasteiger partial charge in [0, 0.05) is 5.56 Å². The van der Waals surface area contributed by atoms with Gasteiger partial charge in [-0.15, -0.1) is 0 Å². The second-order valence-electron chi connectivity index (χ2n) is 5.55. The molecule has 138 valence electrons. The van der Waals surface area contributed by atoms with Gasteiger partial charge in [0.15, 0.2) is 5.11 Å². The van der Waals surface area contributed by atoms with Gasteiger partial charge in [0.25, 0.3) is 0 Å². The predicted octanol–water partition coefficient (Wildman–Crippen LogP) is 0.391. The normalized spacial score (nSPS) is 15.9. The van der Waals surface area contributed by atoms with Crippen LogP contribution in [0.25, 0.3) is 0 Å². The minimum Gasteiger partial charge on any atom is -0.434 e. The number of nitrogens with zero attached hydrogens (tertiary/aromatic N) is 1. The van der Waals surface area contributed by atoms with Gasteiger partial charge in [-0.2, -0.15) is 13.9 Å². The third-order valence-corrected chi connectivity index (χ3v) is 4.02. The van der Waals surface area contributed by atoms with Crippen LogP contribution in [-0.4, -0.2) is 56.8 Å². The van der Waals surface area contributed by atoms with Crippen molar-refractivity contribution in [2.45, 2.75) is 13.5 Å². The summed E-state index contributed by atoms with van der Waals surface area (Å²) in [6.45, 7) is 4.07. The van der Waals surface area contributed by atoms with Gasteiger partial charge in [0.05, 0.1) is 32.0 Å². The molecule has 0 radical (unpaired) electrons. The summed E-state index contributed by atoms with van der Waals surface area (Å²) in [5.41, 5.74) is 3.71. The molecule has 9 heteroatoms. The van der Waals surface area contributed by atoms with Crippen LogP contribution in [0, 0.1) is 0 Å². The van der Waals surface area contributed by atoms with Crippen molar-refractivity contribution in [1.82, 2.24) is 10.7 Å². The Morgan fingerprint density at radius 1 is 1.36 bits per heavy atom. The summed E-state index contributed by atoms with van der Waals surface area (Å²) in [6.07, 6.45) is 0. The van der Waals surface area contributed by atoms with Crippen molar-refractivity contribution in [3.8, 4) is 5.75 Å². The third-order valence-electron chi connectivity index (χ3n) is 3.78. The number of alkyl halides is 2. The number of nitrogens with one attached hydrogen (secondary N) is 3. The Bertz CT molecular complexity index is 595. The number of morpholine rings is 1. The standard InChI is InChI=1S/C16H22F2N4O2S/c1-12(13-4-2-3-5-14(13)24-15(17)18)20-21-16(25)19-6-7-22-8-10-23-11-9-22/h2-5,15H,6-11H2,1H3,(H2,19,21,25)/p+1/b20-12-. The molecule has 1 saturated heterocycles. The van der Waals surface area contributed by atoms with Crippen LogP contribution in [0.3, 0.4) is 0 Å². The Labute approximate surface area is 151 Å². The van der Waals surface area contributed by atoms with Crippen LogP contribution in [0.1, 0.15) is 12.5 Å². The van der Waals surface area contributed by atoms with E-state index in [9.17, 15) is 8.78 Å². The average Bonchev–Trinajstić information content (AvgIpc) is 2.60. The number of quaternary nitrogens is 1. The van der Waals surface area contributed by atoms with Crippen LogP contribution in [0.5, 0.6) is 5.75 Å². The maximum absolute atomic E-state index is 12.5. The van der Waals surface area contributed by atoms with Crippen LogP contribution in [0.2, 0.25) is 0 Å². The molecule has 1 aliphatic rings. The molecule has 3 N–H and O–H groups in total. The topological polar surface area (TPSA) is 59.3 Å². The zero-order valence-corrected chi connectivity index (χ0v) is 14.9. The maximum Gasteiger partial charge on any atom is 0.387 e. The molecule has 0 saturated carbocycles. The van der Waals surface area contributed by atoms with Crippen molar-refractivity contribution in [2.24, 2.45) is 5.10 Å². The Hall–Kier alpha value is -1.84. The summed E-state index contributed by atoms with van der Waals surface area (Å²) in [5.74, 6) is 0.0790. The van der Waals surface area contributed by atoms with Gasteiger partial charge in [0.2, 0.25) is 0 Å². The number of benzene rings is 1. The van der Waals surface area contributed by atoms with E-state index >= 15 is 0 Å². The Morgan fingerprint density at radius 3 is 2.80 bits per heavy atom. The van der Waals surface area contributed by atoms with Crippen LogP contribution in [0.4, 0.5) is 8.78 Å². The first-order valence-corrected chi connectivity index (χ1v) is 8.50. The van der Waals surface area contributed by atoms with Gasteiger partial charge in [-0.3, -0.25) is 5.43 Å². The lowest BCUT2D eigenvalue weighted by atomic mass is 10.1. The van der Waals surface area contributed by atoms with Crippen LogP contribution >= 0.6 is 12.2 Å². The summed E-state index contributed by atoms with van der Waals surface area (Å²) in [5, 5.41) is 7.61. The smallest absolute Gasteiger partial charge is 0.387 e. The summed E-state index contributed by atoms with van der Waals surface area (Å²) in [4.78, 5) is 1.47. The molecule has 1 aliphatic heterocycles. The first-order valence-electron chi connectivity index (χ1n) is 8.10. The molecule has 2 rings (SSSR count). The van der Waals surface area contributed by atoms with E-state index < -0.39 is 6.61 Å². The molecule has 0 bridgehead atoms. The van der Waals surface area contributed by atoms with E-state index in [0.29, 0.717) is 16.4 Å². The molecular formula is C16H23F2N4O2S+. The van der Waals surface area contributed by atoms with Gasteiger partial charge in [-0.1, -0.05) is 12.1 Å². The molecular weight excluding hydrogens is 350 g/mol. The molecule has 1 aromatic rings. The van der Waals surface area contributed by atoms with Crippen molar-refractivity contribution in [3.63, 3.8) is 0 Å². The fraction of sp³-hybridized carbons (Fsp3) is 0.500. The van der Waals surface area contributed by atoms with Gasteiger partial charge in [0.1, 0.15) is 18.8 Å². The second kappa shape index (κ2) is 10.2. The van der Waals surface area contributed by atoms with Gasteiger partial charge < -0.3 is 19.7 Å². The molecule has 25 heavy (non-hydrogen) atoms. The van der Waals surface area contributed by atoms with Crippen LogP contribution in [-0.2, 0) is 4.74 Å². The minimum atomic E-state index is -2.88. The lowest BCUT2D eigenvalue weighted by molar-refractivity contribution is -0.906. The third kappa shape index (κ3) is 6.89. The number of hydrogen-bond donors (Lipinski definition) is 3. The highest BCUT2D eigenvalue weighted by Crippen LogP contribution is 2.20. The maximum atomic E-state index is 12.5. The van der Waals surface area contributed by atoms with Crippen molar-refractivity contribution in [1.29, 1.82) is 0 Å². The SMILES string of the molecule is C/C(=N/NC(=S)NCC[NH+]1CCOCC1)c1ccccc1OC(F)F. The molecule has 0 atom stereocenters. The van der Waals surface area contributed by atoms with Crippen LogP contribution < -0.4 is 20.4 Å². The summed E-state index contributed by atoms with van der Waals surface area (Å²) in [7, 11) is 0. The van der Waals surface area contributed by atoms with E-state index in [1.807, 2.05) is 0 Å². The lowest BCUT2D eigenvalue weighted by Gasteiger charge is -2.23. The minimum absolute atomic E-state index is 0.0790. The molecule has 0 unspecified atom stereocenters. The fourth-order valence-electron chi connectivity index (χ4n) is 2.46. The number of hydrogen-bond acceptors (Lipinski definition) is 4. The zero-order chi connectivity index (χ0) is 18.1. The van der Waals surface area contributed by atoms with Crippen molar-refractivity contribution < 1.29 is 23.2 Å². The first kappa shape index (κ1) is 19.5. The highest BCUT2D eigenvalue weighted by atomic mass is 32.1. The summed E-state index contributed by atoms with van der Waals surface area (Å²) < 4.78 is 34.7. The van der Waals surface area contributed by atoms with Crippen molar-refractivity contribution >= 4 is 23.0 Å². The molecule has 6 nitrogen and oxygen atoms in total. The highest BCUT2D eigenvalue weighted by molar-refractivity contribution is 7.80. The number of rotatable bonds is 7. The van der Waals surface area contributed by atoms with E-state index in [-0.39, 0.29) is 5.75 Å². The van der Waals surface area contributed by atoms with E-state index in [2.05, 4.69) is 20.6 Å². The van der Waals surface area contributed by atoms with Crippen molar-refractivity contribution in [2.75, 3.05) is 39.4 Å². The van der Waals surface area contributed by atoms with E-state index in [0.717, 1.165) is 39.4 Å². The average molecular weight is 373 g/mol. The highest BCUT2D eigenvalue weighted by Gasteiger charge is 2.13. The molecule has 0 aliphatic carbocycles. The molecule has 1 heterocycles. The van der Waals surface area contributed by atoms with E-state index in [4.69, 9.17) is 17.0 Å². The quantitative estimate of drug-likeness (QED) is 0.367. The van der Waals surface area contributed by atoms with Gasteiger partial charge in [-0.25, -0.2) is 0 Å². The van der Waals surface area contributed by atoms with Crippen LogP contribution in [0.15, 0.2) is 29.4 Å². The largest absolute Gasteiger partial charge is 0.434 e. The summed E-state index contributed by atoms with van der Waals surface area (Å²) >= 11 is 5.18. The van der Waals surface area contributed by atoms with Gasteiger partial charge in [-0.05, 0) is 31.3 Å². The molecule has 0 aromatic heterocycles. The molecule has 1 fully saturated rings. The number of para-hydroxylation sites is 1. The molecule has 0 spiro atoms. The van der Waals surface area contributed by atoms with Crippen molar-refractivity contribution in [3.05, 3.63) is 29.8 Å². The number of ether oxygens (including phenoxy) is 2. The first-order chi connectivity index (χ1) is 12.1. The molecule has 1 aromatic carbocycles. The molecule has 0 amide bonds. The van der Waals surface area contributed by atoms with Gasteiger partial charge >= 0.3 is 6.61 Å². The monoisotopic (exact) mass is 373 g/mol. The van der Waals surface area contributed by atoms with E-state index in [1.54, 1.807) is 25.1 Å². The number of halogens is 2. The summed E-state index contributed by atoms with van der Waals surface area (Å²) in [6, 6.07) is 6.50. The Balaban J connectivity index is 1.80. The fourth-order valence-corrected chi connectivity index (χ4v) is 2.61. The number of hydrazone groups is 1. The Kier molecular flexibility index (Phi) is 7.96. The Morgan fingerprint density at radius 2 is 2.08 bits per heavy atom. The van der Waals surface area contributed by atoms with E-state index in [1.165, 1.54) is 11.0 Å². The lowest BCUT2D eigenvalue weighted by Crippen LogP contribution is -3.14.